The van der Waals surface area contributed by atoms with Gasteiger partial charge in [0.25, 0.3) is 0 Å². The lowest BCUT2D eigenvalue weighted by Gasteiger charge is -2.17. The molecule has 2 rings (SSSR count). The predicted octanol–water partition coefficient (Wildman–Crippen LogP) is 1.28. The molecule has 0 aliphatic rings. The molecule has 1 atom stereocenters. The average molecular weight is 276 g/mol. The third-order valence-electron chi connectivity index (χ3n) is 3.16. The minimum atomic E-state index is -0.0738. The molecule has 20 heavy (non-hydrogen) atoms. The minimum absolute atomic E-state index is 0.0267. The van der Waals surface area contributed by atoms with Gasteiger partial charge in [-0.25, -0.2) is 4.98 Å². The van der Waals surface area contributed by atoms with Crippen LogP contribution in [0.15, 0.2) is 18.2 Å². The molecule has 0 unspecified atom stereocenters. The molecular formula is C14H20N4O2. The van der Waals surface area contributed by atoms with Gasteiger partial charge in [0, 0.05) is 5.39 Å². The molecule has 1 heterocycles. The highest BCUT2D eigenvalue weighted by atomic mass is 16.3. The summed E-state index contributed by atoms with van der Waals surface area (Å²) in [6.07, 6.45) is 1.79. The van der Waals surface area contributed by atoms with Gasteiger partial charge < -0.3 is 21.3 Å². The average Bonchev–Trinajstić information content (AvgIpc) is 2.46. The molecule has 0 spiro atoms. The summed E-state index contributed by atoms with van der Waals surface area (Å²) in [5, 5.41) is 22.6. The number of hydrogen-bond acceptors (Lipinski definition) is 6. The van der Waals surface area contributed by atoms with Crippen molar-refractivity contribution in [3.8, 4) is 0 Å². The highest BCUT2D eigenvalue weighted by Crippen LogP contribution is 2.23. The van der Waals surface area contributed by atoms with Gasteiger partial charge in [-0.05, 0) is 24.1 Å². The van der Waals surface area contributed by atoms with Crippen LogP contribution in [0.5, 0.6) is 0 Å². The van der Waals surface area contributed by atoms with Crippen LogP contribution in [-0.2, 0) is 6.61 Å². The number of rotatable bonds is 6. The van der Waals surface area contributed by atoms with Gasteiger partial charge in [-0.2, -0.15) is 4.98 Å². The second-order valence-electron chi connectivity index (χ2n) is 4.75. The van der Waals surface area contributed by atoms with E-state index in [2.05, 4.69) is 22.2 Å². The number of nitrogens with two attached hydrogens (primary N) is 1. The van der Waals surface area contributed by atoms with Crippen LogP contribution in [0.25, 0.3) is 10.9 Å². The lowest BCUT2D eigenvalue weighted by atomic mass is 10.1. The Morgan fingerprint density at radius 2 is 2.10 bits per heavy atom. The van der Waals surface area contributed by atoms with Crippen molar-refractivity contribution >= 4 is 22.7 Å². The fourth-order valence-corrected chi connectivity index (χ4v) is 2.15. The van der Waals surface area contributed by atoms with E-state index in [1.165, 1.54) is 0 Å². The summed E-state index contributed by atoms with van der Waals surface area (Å²) in [4.78, 5) is 8.38. The second kappa shape index (κ2) is 6.49. The van der Waals surface area contributed by atoms with Crippen molar-refractivity contribution in [2.75, 3.05) is 17.7 Å². The molecule has 0 radical (unpaired) electrons. The Kier molecular flexibility index (Phi) is 4.70. The number of aliphatic hydroxyl groups excluding tert-OH is 2. The second-order valence-corrected chi connectivity index (χ2v) is 4.75. The van der Waals surface area contributed by atoms with Gasteiger partial charge >= 0.3 is 0 Å². The van der Waals surface area contributed by atoms with Gasteiger partial charge in [-0.15, -0.1) is 0 Å². The summed E-state index contributed by atoms with van der Waals surface area (Å²) in [5.74, 6) is 0.778. The van der Waals surface area contributed by atoms with E-state index in [1.807, 2.05) is 6.07 Å². The van der Waals surface area contributed by atoms with Crippen LogP contribution >= 0.6 is 0 Å². The van der Waals surface area contributed by atoms with Gasteiger partial charge in [0.05, 0.1) is 24.8 Å². The predicted molar refractivity (Wildman–Crippen MR) is 79.3 cm³/mol. The van der Waals surface area contributed by atoms with Crippen LogP contribution in [0, 0.1) is 0 Å². The highest BCUT2D eigenvalue weighted by molar-refractivity contribution is 5.90. The van der Waals surface area contributed by atoms with Crippen LogP contribution in [0.4, 0.5) is 11.8 Å². The number of fused-ring (bicyclic) bond motifs is 1. The Hall–Kier alpha value is -1.92. The van der Waals surface area contributed by atoms with Crippen molar-refractivity contribution in [3.63, 3.8) is 0 Å². The Balaban J connectivity index is 2.44. The van der Waals surface area contributed by atoms with E-state index < -0.39 is 0 Å². The van der Waals surface area contributed by atoms with Crippen molar-refractivity contribution < 1.29 is 10.2 Å². The van der Waals surface area contributed by atoms with Gasteiger partial charge in [0.1, 0.15) is 5.82 Å². The third-order valence-corrected chi connectivity index (χ3v) is 3.16. The minimum Gasteiger partial charge on any atom is -0.394 e. The molecule has 0 aliphatic carbocycles. The van der Waals surface area contributed by atoms with Crippen LogP contribution in [-0.4, -0.2) is 32.8 Å². The number of nitrogen functional groups attached to an aromatic ring is 1. The number of anilines is 2. The molecule has 1 aromatic carbocycles. The van der Waals surface area contributed by atoms with Crippen LogP contribution in [0.2, 0.25) is 0 Å². The Bertz CT molecular complexity index is 589. The maximum atomic E-state index is 9.38. The van der Waals surface area contributed by atoms with Gasteiger partial charge in [0.15, 0.2) is 0 Å². The van der Waals surface area contributed by atoms with Crippen LogP contribution in [0.1, 0.15) is 25.3 Å². The summed E-state index contributed by atoms with van der Waals surface area (Å²) in [5.41, 5.74) is 7.21. The number of nitrogens with one attached hydrogen (secondary N) is 1. The first-order valence-corrected chi connectivity index (χ1v) is 6.72. The monoisotopic (exact) mass is 276 g/mol. The molecule has 1 aromatic heterocycles. The van der Waals surface area contributed by atoms with E-state index in [9.17, 15) is 10.2 Å². The van der Waals surface area contributed by atoms with E-state index in [-0.39, 0.29) is 25.2 Å². The van der Waals surface area contributed by atoms with Crippen molar-refractivity contribution in [1.29, 1.82) is 0 Å². The van der Waals surface area contributed by atoms with Gasteiger partial charge in [-0.3, -0.25) is 0 Å². The topological polar surface area (TPSA) is 104 Å². The standard InChI is InChI=1S/C14H20N4O2/c1-2-3-10(8-20)16-13-11-6-9(7-19)4-5-12(11)17-14(15)18-13/h4-6,10,19-20H,2-3,7-8H2,1H3,(H3,15,16,17,18)/t10-/m0/s1. The molecule has 0 aliphatic heterocycles. The SMILES string of the molecule is CCC[C@@H](CO)Nc1nc(N)nc2ccc(CO)cc12. The molecule has 5 N–H and O–H groups in total. The number of benzene rings is 1. The molecule has 2 aromatic rings. The summed E-state index contributed by atoms with van der Waals surface area (Å²) >= 11 is 0. The molecule has 6 nitrogen and oxygen atoms in total. The summed E-state index contributed by atoms with van der Waals surface area (Å²) in [6, 6.07) is 5.36. The number of aromatic nitrogens is 2. The number of aliphatic hydroxyl groups is 2. The van der Waals surface area contributed by atoms with Gasteiger partial charge in [0.2, 0.25) is 5.95 Å². The molecule has 6 heteroatoms. The van der Waals surface area contributed by atoms with Crippen LogP contribution in [0.3, 0.4) is 0 Å². The summed E-state index contributed by atoms with van der Waals surface area (Å²) in [7, 11) is 0. The zero-order valence-electron chi connectivity index (χ0n) is 11.5. The number of nitrogens with zero attached hydrogens (tertiary/aromatic N) is 2. The van der Waals surface area contributed by atoms with E-state index in [1.54, 1.807) is 12.1 Å². The zero-order chi connectivity index (χ0) is 14.5. The van der Waals surface area contributed by atoms with Crippen molar-refractivity contribution in [1.82, 2.24) is 9.97 Å². The largest absolute Gasteiger partial charge is 0.394 e. The maximum absolute atomic E-state index is 9.38. The zero-order valence-corrected chi connectivity index (χ0v) is 11.5. The van der Waals surface area contributed by atoms with E-state index in [4.69, 9.17) is 5.73 Å². The molecule has 0 saturated heterocycles. The Morgan fingerprint density at radius 3 is 2.75 bits per heavy atom. The van der Waals surface area contributed by atoms with Gasteiger partial charge in [-0.1, -0.05) is 19.4 Å². The van der Waals surface area contributed by atoms with Crippen molar-refractivity contribution in [3.05, 3.63) is 23.8 Å². The molecule has 0 fully saturated rings. The molecular weight excluding hydrogens is 256 g/mol. The van der Waals surface area contributed by atoms with Crippen LogP contribution < -0.4 is 11.1 Å². The first kappa shape index (κ1) is 14.5. The van der Waals surface area contributed by atoms with Crippen molar-refractivity contribution in [2.45, 2.75) is 32.4 Å². The fourth-order valence-electron chi connectivity index (χ4n) is 2.15. The summed E-state index contributed by atoms with van der Waals surface area (Å²) in [6.45, 7) is 2.04. The highest BCUT2D eigenvalue weighted by Gasteiger charge is 2.12. The Labute approximate surface area is 117 Å². The summed E-state index contributed by atoms with van der Waals surface area (Å²) < 4.78 is 0. The first-order chi connectivity index (χ1) is 9.67. The first-order valence-electron chi connectivity index (χ1n) is 6.72. The lowest BCUT2D eigenvalue weighted by molar-refractivity contribution is 0.268. The van der Waals surface area contributed by atoms with E-state index in [0.29, 0.717) is 11.3 Å². The lowest BCUT2D eigenvalue weighted by Crippen LogP contribution is -2.24. The van der Waals surface area contributed by atoms with E-state index in [0.717, 1.165) is 23.8 Å². The number of hydrogen-bond donors (Lipinski definition) is 4. The quantitative estimate of drug-likeness (QED) is 0.633. The molecule has 0 saturated carbocycles. The maximum Gasteiger partial charge on any atom is 0.222 e. The smallest absolute Gasteiger partial charge is 0.222 e. The third kappa shape index (κ3) is 3.15. The normalized spacial score (nSPS) is 12.6. The van der Waals surface area contributed by atoms with Crippen molar-refractivity contribution in [2.24, 2.45) is 0 Å². The molecule has 108 valence electrons. The Morgan fingerprint density at radius 1 is 1.30 bits per heavy atom. The van der Waals surface area contributed by atoms with E-state index >= 15 is 0 Å². The molecule has 0 bridgehead atoms. The molecule has 0 amide bonds. The fraction of sp³-hybridized carbons (Fsp3) is 0.429.